The Balaban J connectivity index is 0.00000320. The highest BCUT2D eigenvalue weighted by atomic mass is 16.5. The van der Waals surface area contributed by atoms with Crippen LogP contribution in [0.1, 0.15) is 53.0 Å². The molecule has 0 aromatic heterocycles. The summed E-state index contributed by atoms with van der Waals surface area (Å²) < 4.78 is 11.0. The average molecular weight is 414 g/mol. The molecule has 1 aliphatic rings. The molecule has 3 rings (SSSR count). The summed E-state index contributed by atoms with van der Waals surface area (Å²) in [6, 6.07) is 12.3. The number of hydrogen-bond donors (Lipinski definition) is 1. The number of hydrogen-bond acceptors (Lipinski definition) is 5. The van der Waals surface area contributed by atoms with E-state index in [0.717, 1.165) is 24.8 Å². The second-order valence-corrected chi connectivity index (χ2v) is 7.17. The van der Waals surface area contributed by atoms with Crippen LogP contribution in [0.15, 0.2) is 42.5 Å². The van der Waals surface area contributed by atoms with Gasteiger partial charge in [-0.2, -0.15) is 0 Å². The van der Waals surface area contributed by atoms with Gasteiger partial charge in [0.25, 0.3) is 5.91 Å². The van der Waals surface area contributed by atoms with Crippen LogP contribution in [0.25, 0.3) is 0 Å². The molecule has 2 aromatic carbocycles. The molecule has 1 atom stereocenters. The van der Waals surface area contributed by atoms with Crippen LogP contribution in [-0.4, -0.2) is 55.1 Å². The van der Waals surface area contributed by atoms with Crippen molar-refractivity contribution in [3.63, 3.8) is 0 Å². The number of likely N-dealkylation sites (tertiary alicyclic amines) is 1. The van der Waals surface area contributed by atoms with Crippen molar-refractivity contribution in [2.45, 2.75) is 39.2 Å². The number of carbonyl (C=O) groups excluding carboxylic acids is 2. The Bertz CT molecular complexity index is 851. The van der Waals surface area contributed by atoms with Gasteiger partial charge < -0.3 is 19.5 Å². The van der Waals surface area contributed by atoms with Crippen molar-refractivity contribution in [1.82, 2.24) is 4.90 Å². The number of rotatable bonds is 8. The molecule has 6 nitrogen and oxygen atoms in total. The van der Waals surface area contributed by atoms with Crippen LogP contribution in [0, 0.1) is 0 Å². The fraction of sp³-hybridized carbons (Fsp3) is 0.417. The lowest BCUT2D eigenvalue weighted by atomic mass is 9.98. The molecule has 30 heavy (non-hydrogen) atoms. The van der Waals surface area contributed by atoms with Gasteiger partial charge in [-0.05, 0) is 49.4 Å². The Morgan fingerprint density at radius 3 is 2.77 bits per heavy atom. The van der Waals surface area contributed by atoms with Crippen LogP contribution in [0.4, 0.5) is 0 Å². The second kappa shape index (κ2) is 11.4. The Hall–Kier alpha value is -2.86. The van der Waals surface area contributed by atoms with E-state index >= 15 is 0 Å². The maximum absolute atomic E-state index is 13.3. The molecule has 2 aromatic rings. The van der Waals surface area contributed by atoms with Gasteiger partial charge >= 0.3 is 0 Å². The monoisotopic (exact) mass is 413 g/mol. The molecule has 6 heteroatoms. The van der Waals surface area contributed by atoms with E-state index in [4.69, 9.17) is 9.47 Å². The molecule has 0 saturated carbocycles. The lowest BCUT2D eigenvalue weighted by Gasteiger charge is -2.36. The van der Waals surface area contributed by atoms with E-state index in [0.29, 0.717) is 37.2 Å². The number of amides is 1. The van der Waals surface area contributed by atoms with Gasteiger partial charge in [-0.3, -0.25) is 9.59 Å². The van der Waals surface area contributed by atoms with Crippen LogP contribution in [0.2, 0.25) is 0 Å². The summed E-state index contributed by atoms with van der Waals surface area (Å²) in [5.41, 5.74) is 1.80. The predicted octanol–water partition coefficient (Wildman–Crippen LogP) is 4.10. The summed E-state index contributed by atoms with van der Waals surface area (Å²) >= 11 is 0. The molecule has 1 heterocycles. The lowest BCUT2D eigenvalue weighted by molar-refractivity contribution is 0.0525. The first-order valence-electron chi connectivity index (χ1n) is 9.93. The van der Waals surface area contributed by atoms with Gasteiger partial charge in [-0.25, -0.2) is 0 Å². The average Bonchev–Trinajstić information content (AvgIpc) is 2.76. The van der Waals surface area contributed by atoms with Crippen molar-refractivity contribution >= 4 is 12.2 Å². The first kappa shape index (κ1) is 23.4. The van der Waals surface area contributed by atoms with E-state index in [1.807, 2.05) is 29.2 Å². The molecule has 1 fully saturated rings. The standard InChI is InChI=1S/C23H27NO5.CH4/c1-28-14-12-17-7-2-3-9-19(17)23(27)24-13-5-4-8-18(24)16-29-22-11-6-10-21(26)20(22)15-25;/h2-3,6-7,9-11,15,18,26H,4-5,8,12-14,16H2,1H3;1H4/t18-;/m0./s1. The molecule has 1 saturated heterocycles. The van der Waals surface area contributed by atoms with Crippen molar-refractivity contribution in [2.24, 2.45) is 0 Å². The number of methoxy groups -OCH3 is 1. The number of carbonyl (C=O) groups is 2. The first-order valence-corrected chi connectivity index (χ1v) is 9.93. The first-order chi connectivity index (χ1) is 14.2. The van der Waals surface area contributed by atoms with Crippen LogP contribution >= 0.6 is 0 Å². The molecule has 1 amide bonds. The summed E-state index contributed by atoms with van der Waals surface area (Å²) in [5, 5.41) is 9.83. The minimum absolute atomic E-state index is 0. The predicted molar refractivity (Wildman–Crippen MR) is 116 cm³/mol. The number of nitrogens with zero attached hydrogens (tertiary/aromatic N) is 1. The van der Waals surface area contributed by atoms with E-state index in [1.165, 1.54) is 6.07 Å². The van der Waals surface area contributed by atoms with E-state index in [2.05, 4.69) is 0 Å². The number of piperidine rings is 1. The lowest BCUT2D eigenvalue weighted by Crippen LogP contribution is -2.47. The van der Waals surface area contributed by atoms with Crippen LogP contribution in [-0.2, 0) is 11.2 Å². The van der Waals surface area contributed by atoms with Gasteiger partial charge in [0.05, 0.1) is 18.2 Å². The highest BCUT2D eigenvalue weighted by Crippen LogP contribution is 2.27. The Morgan fingerprint density at radius 1 is 1.20 bits per heavy atom. The maximum atomic E-state index is 13.3. The summed E-state index contributed by atoms with van der Waals surface area (Å²) in [7, 11) is 1.65. The zero-order valence-electron chi connectivity index (χ0n) is 16.7. The largest absolute Gasteiger partial charge is 0.507 e. The fourth-order valence-electron chi connectivity index (χ4n) is 3.72. The van der Waals surface area contributed by atoms with Crippen LogP contribution in [0.5, 0.6) is 11.5 Å². The number of aldehydes is 1. The minimum Gasteiger partial charge on any atom is -0.507 e. The molecular weight excluding hydrogens is 382 g/mol. The normalized spacial score (nSPS) is 15.9. The van der Waals surface area contributed by atoms with Gasteiger partial charge in [-0.15, -0.1) is 0 Å². The quantitative estimate of drug-likeness (QED) is 0.660. The van der Waals surface area contributed by atoms with Gasteiger partial charge in [0.15, 0.2) is 6.29 Å². The topological polar surface area (TPSA) is 76.1 Å². The molecule has 1 N–H and O–H groups in total. The number of ether oxygens (including phenoxy) is 2. The molecular formula is C24H31NO5. The summed E-state index contributed by atoms with van der Waals surface area (Å²) in [6.45, 7) is 1.51. The van der Waals surface area contributed by atoms with E-state index in [1.54, 1.807) is 19.2 Å². The molecule has 0 unspecified atom stereocenters. The SMILES string of the molecule is C.COCCc1ccccc1C(=O)N1CCCC[C@H]1COc1cccc(O)c1C=O. The van der Waals surface area contributed by atoms with Crippen molar-refractivity contribution in [2.75, 3.05) is 26.9 Å². The number of benzene rings is 2. The van der Waals surface area contributed by atoms with Crippen molar-refractivity contribution in [1.29, 1.82) is 0 Å². The molecule has 0 radical (unpaired) electrons. The third kappa shape index (κ3) is 5.39. The third-order valence-electron chi connectivity index (χ3n) is 5.30. The van der Waals surface area contributed by atoms with E-state index in [-0.39, 0.29) is 37.3 Å². The van der Waals surface area contributed by atoms with Gasteiger partial charge in [-0.1, -0.05) is 31.7 Å². The molecule has 162 valence electrons. The van der Waals surface area contributed by atoms with Gasteiger partial charge in [0.2, 0.25) is 0 Å². The number of aromatic hydroxyl groups is 1. The third-order valence-corrected chi connectivity index (χ3v) is 5.30. The number of phenolic OH excluding ortho intramolecular Hbond substituents is 1. The second-order valence-electron chi connectivity index (χ2n) is 7.17. The Labute approximate surface area is 178 Å². The minimum atomic E-state index is -0.110. The summed E-state index contributed by atoms with van der Waals surface area (Å²) in [6.07, 6.45) is 4.07. The van der Waals surface area contributed by atoms with Crippen LogP contribution < -0.4 is 4.74 Å². The van der Waals surface area contributed by atoms with Crippen molar-refractivity contribution in [3.8, 4) is 11.5 Å². The highest BCUT2D eigenvalue weighted by Gasteiger charge is 2.29. The molecule has 0 aliphatic carbocycles. The Kier molecular flexibility index (Phi) is 8.87. The Morgan fingerprint density at radius 2 is 2.00 bits per heavy atom. The smallest absolute Gasteiger partial charge is 0.254 e. The fourth-order valence-corrected chi connectivity index (χ4v) is 3.72. The van der Waals surface area contributed by atoms with Crippen LogP contribution in [0.3, 0.4) is 0 Å². The number of phenols is 1. The molecule has 1 aliphatic heterocycles. The van der Waals surface area contributed by atoms with Gasteiger partial charge in [0, 0.05) is 19.2 Å². The summed E-state index contributed by atoms with van der Waals surface area (Å²) in [4.78, 5) is 26.5. The van der Waals surface area contributed by atoms with Gasteiger partial charge in [0.1, 0.15) is 18.1 Å². The van der Waals surface area contributed by atoms with Crippen molar-refractivity contribution in [3.05, 3.63) is 59.2 Å². The summed E-state index contributed by atoms with van der Waals surface area (Å²) in [5.74, 6) is 0.219. The highest BCUT2D eigenvalue weighted by molar-refractivity contribution is 5.96. The van der Waals surface area contributed by atoms with E-state index < -0.39 is 0 Å². The molecule has 0 bridgehead atoms. The van der Waals surface area contributed by atoms with Crippen molar-refractivity contribution < 1.29 is 24.2 Å². The zero-order valence-corrected chi connectivity index (χ0v) is 16.7. The van der Waals surface area contributed by atoms with E-state index in [9.17, 15) is 14.7 Å². The maximum Gasteiger partial charge on any atom is 0.254 e. The molecule has 0 spiro atoms. The zero-order chi connectivity index (χ0) is 20.6.